The van der Waals surface area contributed by atoms with E-state index in [-0.39, 0.29) is 11.4 Å². The Labute approximate surface area is 81.1 Å². The first kappa shape index (κ1) is 9.86. The minimum atomic E-state index is -0.527. The molecule has 0 aliphatic heterocycles. The van der Waals surface area contributed by atoms with Gasteiger partial charge in [0.1, 0.15) is 5.69 Å². The maximum Gasteiger partial charge on any atom is 0.292 e. The van der Waals surface area contributed by atoms with Crippen molar-refractivity contribution in [2.75, 3.05) is 17.6 Å². The summed E-state index contributed by atoms with van der Waals surface area (Å²) in [4.78, 5) is 9.89. The molecule has 0 heterocycles. The Hall–Kier alpha value is -2.22. The van der Waals surface area contributed by atoms with Crippen LogP contribution in [-0.2, 0) is 0 Å². The number of nitrogens with one attached hydrogen (secondary N) is 1. The van der Waals surface area contributed by atoms with E-state index in [1.807, 2.05) is 0 Å². The van der Waals surface area contributed by atoms with Crippen LogP contribution in [0.1, 0.15) is 0 Å². The molecular formula is C9H9N3O2. The number of terminal acetylenes is 1. The van der Waals surface area contributed by atoms with Crippen LogP contribution in [0.2, 0.25) is 0 Å². The second-order valence-electron chi connectivity index (χ2n) is 2.59. The first-order chi connectivity index (χ1) is 6.65. The number of hydrogen-bond acceptors (Lipinski definition) is 4. The third kappa shape index (κ3) is 2.14. The van der Waals surface area contributed by atoms with Gasteiger partial charge >= 0.3 is 0 Å². The Kier molecular flexibility index (Phi) is 2.92. The van der Waals surface area contributed by atoms with E-state index in [4.69, 9.17) is 12.2 Å². The average Bonchev–Trinajstić information content (AvgIpc) is 2.14. The third-order valence-electron chi connectivity index (χ3n) is 1.62. The number of nitro groups is 1. The van der Waals surface area contributed by atoms with Gasteiger partial charge in [0, 0.05) is 11.8 Å². The second kappa shape index (κ2) is 4.14. The van der Waals surface area contributed by atoms with Crippen LogP contribution in [0.25, 0.3) is 0 Å². The molecule has 1 aromatic rings. The van der Waals surface area contributed by atoms with E-state index < -0.39 is 4.92 Å². The molecule has 0 unspecified atom stereocenters. The van der Waals surface area contributed by atoms with Crippen LogP contribution in [0.4, 0.5) is 17.1 Å². The largest absolute Gasteiger partial charge is 0.393 e. The Morgan fingerprint density at radius 2 is 2.36 bits per heavy atom. The van der Waals surface area contributed by atoms with Gasteiger partial charge in [0.05, 0.1) is 11.5 Å². The molecule has 0 saturated carbocycles. The number of benzene rings is 1. The summed E-state index contributed by atoms with van der Waals surface area (Å²) in [5, 5.41) is 13.3. The number of nitrogen functional groups attached to an aromatic ring is 1. The molecule has 0 aliphatic rings. The van der Waals surface area contributed by atoms with Crippen LogP contribution in [0.15, 0.2) is 18.2 Å². The van der Waals surface area contributed by atoms with Gasteiger partial charge in [0.15, 0.2) is 0 Å². The molecule has 5 heteroatoms. The first-order valence-corrected chi connectivity index (χ1v) is 3.86. The van der Waals surface area contributed by atoms with Gasteiger partial charge in [-0.15, -0.1) is 6.42 Å². The standard InChI is InChI=1S/C9H9N3O2/c1-2-5-11-7-3-4-9(12(13)14)8(10)6-7/h1,3-4,6,11H,5,10H2. The van der Waals surface area contributed by atoms with E-state index >= 15 is 0 Å². The van der Waals surface area contributed by atoms with Crippen molar-refractivity contribution in [3.8, 4) is 12.3 Å². The molecule has 1 rings (SSSR count). The van der Waals surface area contributed by atoms with E-state index in [0.29, 0.717) is 12.2 Å². The van der Waals surface area contributed by atoms with Crippen LogP contribution >= 0.6 is 0 Å². The van der Waals surface area contributed by atoms with E-state index in [0.717, 1.165) is 0 Å². The van der Waals surface area contributed by atoms with Crippen molar-refractivity contribution in [3.05, 3.63) is 28.3 Å². The summed E-state index contributed by atoms with van der Waals surface area (Å²) in [6, 6.07) is 4.38. The molecule has 0 bridgehead atoms. The van der Waals surface area contributed by atoms with Crippen molar-refractivity contribution in [3.63, 3.8) is 0 Å². The topological polar surface area (TPSA) is 81.2 Å². The Morgan fingerprint density at radius 3 is 2.86 bits per heavy atom. The lowest BCUT2D eigenvalue weighted by atomic mass is 10.2. The Balaban J connectivity index is 2.90. The van der Waals surface area contributed by atoms with Crippen LogP contribution < -0.4 is 11.1 Å². The lowest BCUT2D eigenvalue weighted by Gasteiger charge is -2.03. The third-order valence-corrected chi connectivity index (χ3v) is 1.62. The second-order valence-corrected chi connectivity index (χ2v) is 2.59. The van der Waals surface area contributed by atoms with Crippen LogP contribution in [0.5, 0.6) is 0 Å². The van der Waals surface area contributed by atoms with Crippen molar-refractivity contribution in [2.24, 2.45) is 0 Å². The van der Waals surface area contributed by atoms with E-state index in [1.54, 1.807) is 6.07 Å². The predicted molar refractivity (Wildman–Crippen MR) is 54.8 cm³/mol. The monoisotopic (exact) mass is 191 g/mol. The molecule has 0 aromatic heterocycles. The summed E-state index contributed by atoms with van der Waals surface area (Å²) in [6.45, 7) is 0.358. The normalized spacial score (nSPS) is 9.07. The molecule has 0 radical (unpaired) electrons. The van der Waals surface area contributed by atoms with Crippen molar-refractivity contribution < 1.29 is 4.92 Å². The highest BCUT2D eigenvalue weighted by Gasteiger charge is 2.10. The van der Waals surface area contributed by atoms with Crippen LogP contribution in [0, 0.1) is 22.5 Å². The number of hydrogen-bond donors (Lipinski definition) is 2. The van der Waals surface area contributed by atoms with Gasteiger partial charge in [-0.3, -0.25) is 10.1 Å². The number of rotatable bonds is 3. The lowest BCUT2D eigenvalue weighted by Crippen LogP contribution is -2.01. The maximum absolute atomic E-state index is 10.4. The highest BCUT2D eigenvalue weighted by molar-refractivity contribution is 5.65. The predicted octanol–water partition coefficient (Wildman–Crippen LogP) is 1.22. The van der Waals surface area contributed by atoms with E-state index in [1.165, 1.54) is 12.1 Å². The first-order valence-electron chi connectivity index (χ1n) is 3.86. The molecule has 0 fully saturated rings. The molecule has 14 heavy (non-hydrogen) atoms. The average molecular weight is 191 g/mol. The summed E-state index contributed by atoms with van der Waals surface area (Å²) < 4.78 is 0. The Morgan fingerprint density at radius 1 is 1.64 bits per heavy atom. The molecule has 1 aromatic carbocycles. The van der Waals surface area contributed by atoms with Crippen molar-refractivity contribution in [1.82, 2.24) is 0 Å². The fourth-order valence-electron chi connectivity index (χ4n) is 0.984. The minimum Gasteiger partial charge on any atom is -0.393 e. The minimum absolute atomic E-state index is 0.101. The summed E-state index contributed by atoms with van der Waals surface area (Å²) in [6.07, 6.45) is 5.04. The van der Waals surface area contributed by atoms with Crippen LogP contribution in [-0.4, -0.2) is 11.5 Å². The van der Waals surface area contributed by atoms with Crippen molar-refractivity contribution in [2.45, 2.75) is 0 Å². The summed E-state index contributed by atoms with van der Waals surface area (Å²) in [5.41, 5.74) is 6.15. The van der Waals surface area contributed by atoms with Gasteiger partial charge in [-0.05, 0) is 12.1 Å². The summed E-state index contributed by atoms with van der Waals surface area (Å²) >= 11 is 0. The summed E-state index contributed by atoms with van der Waals surface area (Å²) in [5.74, 6) is 2.39. The zero-order valence-corrected chi connectivity index (χ0v) is 7.36. The van der Waals surface area contributed by atoms with Crippen molar-refractivity contribution >= 4 is 17.1 Å². The van der Waals surface area contributed by atoms with E-state index in [9.17, 15) is 10.1 Å². The zero-order chi connectivity index (χ0) is 10.6. The lowest BCUT2D eigenvalue weighted by molar-refractivity contribution is -0.383. The number of nitro benzene ring substituents is 1. The SMILES string of the molecule is C#CCNc1ccc([N+](=O)[O-])c(N)c1. The van der Waals surface area contributed by atoms with Gasteiger partial charge in [0.25, 0.3) is 5.69 Å². The number of anilines is 2. The zero-order valence-electron chi connectivity index (χ0n) is 7.36. The van der Waals surface area contributed by atoms with Gasteiger partial charge in [-0.1, -0.05) is 5.92 Å². The maximum atomic E-state index is 10.4. The number of nitrogens with zero attached hydrogens (tertiary/aromatic N) is 1. The van der Waals surface area contributed by atoms with E-state index in [2.05, 4.69) is 11.2 Å². The van der Waals surface area contributed by atoms with Gasteiger partial charge in [-0.25, -0.2) is 0 Å². The molecule has 0 atom stereocenters. The van der Waals surface area contributed by atoms with Crippen LogP contribution in [0.3, 0.4) is 0 Å². The van der Waals surface area contributed by atoms with Crippen molar-refractivity contribution in [1.29, 1.82) is 0 Å². The molecule has 0 saturated heterocycles. The van der Waals surface area contributed by atoms with Gasteiger partial charge < -0.3 is 11.1 Å². The molecule has 3 N–H and O–H groups in total. The molecule has 0 aliphatic carbocycles. The Bertz CT molecular complexity index is 396. The molecule has 0 spiro atoms. The smallest absolute Gasteiger partial charge is 0.292 e. The summed E-state index contributed by atoms with van der Waals surface area (Å²) in [7, 11) is 0. The fraction of sp³-hybridized carbons (Fsp3) is 0.111. The quantitative estimate of drug-likeness (QED) is 0.326. The molecule has 72 valence electrons. The highest BCUT2D eigenvalue weighted by atomic mass is 16.6. The van der Waals surface area contributed by atoms with Gasteiger partial charge in [0.2, 0.25) is 0 Å². The highest BCUT2D eigenvalue weighted by Crippen LogP contribution is 2.24. The van der Waals surface area contributed by atoms with Gasteiger partial charge in [-0.2, -0.15) is 0 Å². The number of nitrogens with two attached hydrogens (primary N) is 1. The molecule has 0 amide bonds. The fourth-order valence-corrected chi connectivity index (χ4v) is 0.984. The molecule has 5 nitrogen and oxygen atoms in total. The molecular weight excluding hydrogens is 182 g/mol.